The van der Waals surface area contributed by atoms with E-state index in [-0.39, 0.29) is 0 Å². The summed E-state index contributed by atoms with van der Waals surface area (Å²) in [6.45, 7) is 6.26. The van der Waals surface area contributed by atoms with Crippen LogP contribution in [0.3, 0.4) is 0 Å². The first-order valence-corrected chi connectivity index (χ1v) is 5.56. The van der Waals surface area contributed by atoms with Crippen molar-refractivity contribution in [3.8, 4) is 0 Å². The van der Waals surface area contributed by atoms with Gasteiger partial charge in [-0.15, -0.1) is 0 Å². The highest BCUT2D eigenvalue weighted by Crippen LogP contribution is 2.14. The molecule has 1 heterocycles. The van der Waals surface area contributed by atoms with E-state index in [1.807, 2.05) is 17.8 Å². The first kappa shape index (κ1) is 12.2. The average Bonchev–Trinajstić information content (AvgIpc) is 2.72. The SMILES string of the molecule is CCCOCCn1cc(C(O)CC)cn1. The van der Waals surface area contributed by atoms with Crippen molar-refractivity contribution in [2.24, 2.45) is 0 Å². The smallest absolute Gasteiger partial charge is 0.0817 e. The average molecular weight is 212 g/mol. The summed E-state index contributed by atoms with van der Waals surface area (Å²) in [7, 11) is 0. The Balaban J connectivity index is 2.33. The third-order valence-electron chi connectivity index (χ3n) is 2.24. The molecule has 0 amide bonds. The predicted octanol–water partition coefficient (Wildman–Crippen LogP) is 1.75. The molecule has 0 saturated heterocycles. The second-order valence-corrected chi connectivity index (χ2v) is 3.57. The fraction of sp³-hybridized carbons (Fsp3) is 0.727. The maximum Gasteiger partial charge on any atom is 0.0817 e. The van der Waals surface area contributed by atoms with Crippen LogP contribution in [-0.2, 0) is 11.3 Å². The van der Waals surface area contributed by atoms with Crippen LogP contribution in [0.4, 0.5) is 0 Å². The van der Waals surface area contributed by atoms with Crippen molar-refractivity contribution in [2.75, 3.05) is 13.2 Å². The van der Waals surface area contributed by atoms with Crippen LogP contribution < -0.4 is 0 Å². The second kappa shape index (κ2) is 6.58. The van der Waals surface area contributed by atoms with E-state index in [9.17, 15) is 5.11 Å². The Hall–Kier alpha value is -0.870. The van der Waals surface area contributed by atoms with Crippen molar-refractivity contribution < 1.29 is 9.84 Å². The first-order chi connectivity index (χ1) is 7.27. The van der Waals surface area contributed by atoms with Crippen molar-refractivity contribution in [3.05, 3.63) is 18.0 Å². The number of nitrogens with zero attached hydrogens (tertiary/aromatic N) is 2. The summed E-state index contributed by atoms with van der Waals surface area (Å²) in [4.78, 5) is 0. The zero-order valence-electron chi connectivity index (χ0n) is 9.52. The van der Waals surface area contributed by atoms with Gasteiger partial charge in [-0.3, -0.25) is 4.68 Å². The molecule has 0 aliphatic carbocycles. The Morgan fingerprint density at radius 2 is 2.27 bits per heavy atom. The highest BCUT2D eigenvalue weighted by molar-refractivity contribution is 5.07. The fourth-order valence-electron chi connectivity index (χ4n) is 1.31. The lowest BCUT2D eigenvalue weighted by Crippen LogP contribution is -2.06. The van der Waals surface area contributed by atoms with Gasteiger partial charge < -0.3 is 9.84 Å². The van der Waals surface area contributed by atoms with E-state index in [0.29, 0.717) is 6.61 Å². The standard InChI is InChI=1S/C11H20N2O2/c1-3-6-15-7-5-13-9-10(8-12-13)11(14)4-2/h8-9,11,14H,3-7H2,1-2H3. The molecule has 1 aromatic heterocycles. The number of aliphatic hydroxyl groups excluding tert-OH is 1. The van der Waals surface area contributed by atoms with E-state index in [0.717, 1.165) is 31.6 Å². The molecule has 0 aliphatic heterocycles. The Kier molecular flexibility index (Phi) is 5.36. The summed E-state index contributed by atoms with van der Waals surface area (Å²) in [5, 5.41) is 13.7. The van der Waals surface area contributed by atoms with E-state index in [1.54, 1.807) is 6.20 Å². The summed E-state index contributed by atoms with van der Waals surface area (Å²) in [5.74, 6) is 0. The van der Waals surface area contributed by atoms with Crippen LogP contribution in [0.25, 0.3) is 0 Å². The molecular formula is C11H20N2O2. The number of hydrogen-bond acceptors (Lipinski definition) is 3. The van der Waals surface area contributed by atoms with Crippen LogP contribution in [-0.4, -0.2) is 28.1 Å². The lowest BCUT2D eigenvalue weighted by Gasteiger charge is -2.04. The van der Waals surface area contributed by atoms with Crippen molar-refractivity contribution in [2.45, 2.75) is 39.3 Å². The van der Waals surface area contributed by atoms with Gasteiger partial charge in [0, 0.05) is 18.4 Å². The monoisotopic (exact) mass is 212 g/mol. The van der Waals surface area contributed by atoms with Gasteiger partial charge in [0.2, 0.25) is 0 Å². The van der Waals surface area contributed by atoms with Gasteiger partial charge in [0.1, 0.15) is 0 Å². The number of aliphatic hydroxyl groups is 1. The largest absolute Gasteiger partial charge is 0.388 e. The Labute approximate surface area is 90.9 Å². The van der Waals surface area contributed by atoms with Gasteiger partial charge in [-0.05, 0) is 12.8 Å². The molecule has 0 bridgehead atoms. The molecule has 4 heteroatoms. The highest BCUT2D eigenvalue weighted by Gasteiger charge is 2.06. The molecule has 4 nitrogen and oxygen atoms in total. The van der Waals surface area contributed by atoms with Crippen molar-refractivity contribution >= 4 is 0 Å². The van der Waals surface area contributed by atoms with Crippen LogP contribution in [0.15, 0.2) is 12.4 Å². The van der Waals surface area contributed by atoms with Crippen LogP contribution in [0, 0.1) is 0 Å². The van der Waals surface area contributed by atoms with Gasteiger partial charge in [0.25, 0.3) is 0 Å². The Bertz CT molecular complexity index is 273. The van der Waals surface area contributed by atoms with Gasteiger partial charge in [-0.2, -0.15) is 5.10 Å². The molecule has 86 valence electrons. The van der Waals surface area contributed by atoms with E-state index in [4.69, 9.17) is 4.74 Å². The third kappa shape index (κ3) is 4.01. The van der Waals surface area contributed by atoms with Gasteiger partial charge in [0.15, 0.2) is 0 Å². The van der Waals surface area contributed by atoms with E-state index in [2.05, 4.69) is 12.0 Å². The Morgan fingerprint density at radius 3 is 2.93 bits per heavy atom. The van der Waals surface area contributed by atoms with Gasteiger partial charge in [-0.1, -0.05) is 13.8 Å². The summed E-state index contributed by atoms with van der Waals surface area (Å²) in [6.07, 6.45) is 4.96. The Morgan fingerprint density at radius 1 is 1.47 bits per heavy atom. The predicted molar refractivity (Wildman–Crippen MR) is 58.6 cm³/mol. The molecule has 15 heavy (non-hydrogen) atoms. The minimum atomic E-state index is -0.393. The molecule has 0 aliphatic rings. The lowest BCUT2D eigenvalue weighted by molar-refractivity contribution is 0.124. The maximum absolute atomic E-state index is 9.57. The molecule has 0 spiro atoms. The van der Waals surface area contributed by atoms with Crippen molar-refractivity contribution in [3.63, 3.8) is 0 Å². The molecular weight excluding hydrogens is 192 g/mol. The summed E-state index contributed by atoms with van der Waals surface area (Å²) in [6, 6.07) is 0. The number of rotatable bonds is 7. The zero-order valence-corrected chi connectivity index (χ0v) is 9.52. The minimum absolute atomic E-state index is 0.393. The molecule has 1 aromatic rings. The molecule has 1 N–H and O–H groups in total. The van der Waals surface area contributed by atoms with Crippen molar-refractivity contribution in [1.29, 1.82) is 0 Å². The van der Waals surface area contributed by atoms with Crippen LogP contribution in [0.5, 0.6) is 0 Å². The second-order valence-electron chi connectivity index (χ2n) is 3.57. The lowest BCUT2D eigenvalue weighted by atomic mass is 10.2. The third-order valence-corrected chi connectivity index (χ3v) is 2.24. The minimum Gasteiger partial charge on any atom is -0.388 e. The number of hydrogen-bond donors (Lipinski definition) is 1. The molecule has 0 aromatic carbocycles. The van der Waals surface area contributed by atoms with Gasteiger partial charge >= 0.3 is 0 Å². The molecule has 0 fully saturated rings. The van der Waals surface area contributed by atoms with Gasteiger partial charge in [-0.25, -0.2) is 0 Å². The normalized spacial score (nSPS) is 13.0. The van der Waals surface area contributed by atoms with Crippen LogP contribution in [0.2, 0.25) is 0 Å². The zero-order chi connectivity index (χ0) is 11.1. The topological polar surface area (TPSA) is 47.3 Å². The molecule has 1 unspecified atom stereocenters. The van der Waals surface area contributed by atoms with E-state index >= 15 is 0 Å². The fourth-order valence-corrected chi connectivity index (χ4v) is 1.31. The highest BCUT2D eigenvalue weighted by atomic mass is 16.5. The van der Waals surface area contributed by atoms with Crippen molar-refractivity contribution in [1.82, 2.24) is 9.78 Å². The number of ether oxygens (including phenoxy) is 1. The van der Waals surface area contributed by atoms with Crippen LogP contribution >= 0.6 is 0 Å². The molecule has 0 saturated carbocycles. The molecule has 0 radical (unpaired) electrons. The molecule has 1 rings (SSSR count). The quantitative estimate of drug-likeness (QED) is 0.700. The number of aromatic nitrogens is 2. The summed E-state index contributed by atoms with van der Waals surface area (Å²) < 4.78 is 7.17. The van der Waals surface area contributed by atoms with E-state index < -0.39 is 6.10 Å². The molecule has 1 atom stereocenters. The van der Waals surface area contributed by atoms with E-state index in [1.165, 1.54) is 0 Å². The van der Waals surface area contributed by atoms with Gasteiger partial charge in [0.05, 0.1) is 25.5 Å². The maximum atomic E-state index is 9.57. The summed E-state index contributed by atoms with van der Waals surface area (Å²) >= 11 is 0. The van der Waals surface area contributed by atoms with Crippen LogP contribution in [0.1, 0.15) is 38.4 Å². The first-order valence-electron chi connectivity index (χ1n) is 5.56. The summed E-state index contributed by atoms with van der Waals surface area (Å²) in [5.41, 5.74) is 0.882.